The van der Waals surface area contributed by atoms with E-state index in [4.69, 9.17) is 10.6 Å². The van der Waals surface area contributed by atoms with Crippen molar-refractivity contribution in [1.82, 2.24) is 20.1 Å². The lowest BCUT2D eigenvalue weighted by Gasteiger charge is -2.49. The lowest BCUT2D eigenvalue weighted by Crippen LogP contribution is -2.71. The fourth-order valence-electron chi connectivity index (χ4n) is 5.71. The van der Waals surface area contributed by atoms with Gasteiger partial charge in [0.1, 0.15) is 36.0 Å². The number of nitrogens with two attached hydrogens (primary N) is 1. The van der Waals surface area contributed by atoms with E-state index in [9.17, 15) is 24.3 Å². The van der Waals surface area contributed by atoms with Crippen LogP contribution in [0.3, 0.4) is 0 Å². The summed E-state index contributed by atoms with van der Waals surface area (Å²) in [5.74, 6) is -2.40. The highest BCUT2D eigenvalue weighted by molar-refractivity contribution is 8.00. The number of carbonyl (C=O) groups excluding carboxylic acids is 3. The molecule has 0 aromatic carbocycles. The average Bonchev–Trinajstić information content (AvgIpc) is 3.76. The largest absolute Gasteiger partial charge is 0.477 e. The van der Waals surface area contributed by atoms with Crippen molar-refractivity contribution >= 4 is 57.6 Å². The molecule has 13 nitrogen and oxygen atoms in total. The van der Waals surface area contributed by atoms with E-state index in [0.29, 0.717) is 30.7 Å². The second kappa shape index (κ2) is 12.4. The third-order valence-corrected chi connectivity index (χ3v) is 10.0. The molecule has 0 radical (unpaired) electrons. The molecular weight excluding hydrogens is 606 g/mol. The van der Waals surface area contributed by atoms with E-state index in [1.54, 1.807) is 16.4 Å². The van der Waals surface area contributed by atoms with Crippen molar-refractivity contribution < 1.29 is 33.7 Å². The predicted molar refractivity (Wildman–Crippen MR) is 162 cm³/mol. The predicted octanol–water partition coefficient (Wildman–Crippen LogP) is 1.31. The van der Waals surface area contributed by atoms with Crippen molar-refractivity contribution in [2.45, 2.75) is 56.2 Å². The van der Waals surface area contributed by atoms with Gasteiger partial charge in [-0.1, -0.05) is 5.16 Å². The molecule has 5 heterocycles. The van der Waals surface area contributed by atoms with E-state index < -0.39 is 29.2 Å². The van der Waals surface area contributed by atoms with Gasteiger partial charge in [0.25, 0.3) is 11.8 Å². The Balaban J connectivity index is 1.17. The third kappa shape index (κ3) is 5.93. The number of hydrogen-bond acceptors (Lipinski definition) is 10. The summed E-state index contributed by atoms with van der Waals surface area (Å²) in [6.45, 7) is 0.974. The Kier molecular flexibility index (Phi) is 8.40. The van der Waals surface area contributed by atoms with Crippen molar-refractivity contribution in [2.24, 2.45) is 12.2 Å². The highest BCUT2D eigenvalue weighted by Crippen LogP contribution is 2.41. The first kappa shape index (κ1) is 29.8. The molecule has 4 aliphatic rings. The van der Waals surface area contributed by atoms with Crippen LogP contribution in [-0.4, -0.2) is 79.1 Å². The van der Waals surface area contributed by atoms with Crippen LogP contribution in [0.2, 0.25) is 0 Å². The molecule has 2 aromatic heterocycles. The minimum atomic E-state index is -1.27. The van der Waals surface area contributed by atoms with E-state index in [1.165, 1.54) is 16.7 Å². The van der Waals surface area contributed by atoms with Gasteiger partial charge in [-0.05, 0) is 49.3 Å². The molecule has 1 aliphatic carbocycles. The zero-order valence-electron chi connectivity index (χ0n) is 24.0. The van der Waals surface area contributed by atoms with Gasteiger partial charge in [0, 0.05) is 41.9 Å². The number of anilines is 1. The molecule has 2 aromatic rings. The first-order chi connectivity index (χ1) is 21.2. The van der Waals surface area contributed by atoms with Crippen LogP contribution in [0.1, 0.15) is 43.4 Å². The van der Waals surface area contributed by atoms with Gasteiger partial charge in [-0.2, -0.15) is 0 Å². The lowest BCUT2D eigenvalue weighted by atomic mass is 10.0. The molecule has 6 rings (SSSR count). The number of thioether (sulfide) groups is 1. The Hall–Kier alpha value is -4.24. The number of likely N-dealkylation sites (tertiary alicyclic amines) is 1. The van der Waals surface area contributed by atoms with Crippen molar-refractivity contribution in [3.8, 4) is 0 Å². The summed E-state index contributed by atoms with van der Waals surface area (Å²) in [5, 5.41) is 18.1. The Morgan fingerprint density at radius 2 is 2.02 bits per heavy atom. The van der Waals surface area contributed by atoms with Gasteiger partial charge in [-0.15, -0.1) is 23.1 Å². The van der Waals surface area contributed by atoms with E-state index in [-0.39, 0.29) is 40.0 Å². The number of carboxylic acid groups (broad SMARTS) is 1. The van der Waals surface area contributed by atoms with Crippen molar-refractivity contribution in [1.29, 1.82) is 0 Å². The summed E-state index contributed by atoms with van der Waals surface area (Å²) >= 11 is 2.47. The molecule has 44 heavy (non-hydrogen) atoms. The number of hydrogen-bond donors (Lipinski definition) is 3. The molecule has 3 fully saturated rings. The number of carboxylic acids is 1. The number of nitrogens with zero attached hydrogens (tertiary/aromatic N) is 5. The van der Waals surface area contributed by atoms with Crippen LogP contribution < -0.4 is 15.6 Å². The number of aryl methyl sites for hydroxylation is 1. The molecule has 4 N–H and O–H groups in total. The fraction of sp³-hybridized carbons (Fsp3) is 0.414. The summed E-state index contributed by atoms with van der Waals surface area (Å²) in [7, 11) is 1.92. The first-order valence-corrected chi connectivity index (χ1v) is 16.2. The topological polar surface area (TPSA) is 171 Å². The molecule has 3 aliphatic heterocycles. The molecule has 2 saturated heterocycles. The minimum Gasteiger partial charge on any atom is -0.477 e. The molecule has 3 amide bonds. The van der Waals surface area contributed by atoms with Crippen LogP contribution in [-0.2, 0) is 37.6 Å². The van der Waals surface area contributed by atoms with Crippen LogP contribution in [0.25, 0.3) is 0 Å². The lowest BCUT2D eigenvalue weighted by molar-refractivity contribution is -0.671. The van der Waals surface area contributed by atoms with Gasteiger partial charge in [0.2, 0.25) is 5.91 Å². The monoisotopic (exact) mass is 638 g/mol. The highest BCUT2D eigenvalue weighted by atomic mass is 32.2. The van der Waals surface area contributed by atoms with Crippen LogP contribution in [0.5, 0.6) is 0 Å². The Morgan fingerprint density at radius 1 is 1.27 bits per heavy atom. The molecule has 0 unspecified atom stereocenters. The third-order valence-electron chi connectivity index (χ3n) is 8.04. The summed E-state index contributed by atoms with van der Waals surface area (Å²) in [4.78, 5) is 64.9. The number of fused-ring (bicyclic) bond motifs is 1. The van der Waals surface area contributed by atoms with Crippen molar-refractivity contribution in [2.75, 3.05) is 18.0 Å². The zero-order chi connectivity index (χ0) is 31.0. The zero-order valence-corrected chi connectivity index (χ0v) is 25.6. The highest BCUT2D eigenvalue weighted by Gasteiger charge is 2.54. The summed E-state index contributed by atoms with van der Waals surface area (Å²) < 4.78 is 1.91. The molecular formula is C29H32N7O6S2+. The number of thiazole rings is 1. The van der Waals surface area contributed by atoms with Crippen LogP contribution in [0.4, 0.5) is 5.13 Å². The van der Waals surface area contributed by atoms with Gasteiger partial charge in [0.15, 0.2) is 23.2 Å². The second-order valence-electron chi connectivity index (χ2n) is 11.1. The van der Waals surface area contributed by atoms with Gasteiger partial charge < -0.3 is 25.9 Å². The number of carbonyl (C=O) groups is 4. The number of nitrogen functional groups attached to an aromatic ring is 1. The minimum absolute atomic E-state index is 0.0926. The maximum atomic E-state index is 13.3. The number of allylic oxidation sites excluding steroid dienone is 1. The van der Waals surface area contributed by atoms with Gasteiger partial charge in [0.05, 0.1) is 0 Å². The molecule has 0 bridgehead atoms. The Morgan fingerprint density at radius 3 is 2.70 bits per heavy atom. The van der Waals surface area contributed by atoms with Crippen LogP contribution in [0, 0.1) is 0 Å². The average molecular weight is 639 g/mol. The normalized spacial score (nSPS) is 23.3. The second-order valence-corrected chi connectivity index (χ2v) is 13.1. The summed E-state index contributed by atoms with van der Waals surface area (Å²) in [6, 6.07) is 2.93. The number of rotatable bonds is 9. The maximum Gasteiger partial charge on any atom is 0.352 e. The molecule has 0 spiro atoms. The van der Waals surface area contributed by atoms with Crippen LogP contribution in [0.15, 0.2) is 58.0 Å². The Bertz CT molecular complexity index is 1600. The number of β-lactam (4-membered cyclic amide) rings is 1. The smallest absolute Gasteiger partial charge is 0.352 e. The quantitative estimate of drug-likeness (QED) is 0.120. The number of aromatic nitrogens is 2. The molecule has 1 saturated carbocycles. The summed E-state index contributed by atoms with van der Waals surface area (Å²) in [6.07, 6.45) is 9.54. The van der Waals surface area contributed by atoms with E-state index in [0.717, 1.165) is 42.6 Å². The number of nitrogens with one attached hydrogen (secondary N) is 1. The number of pyridine rings is 1. The standard InChI is InChI=1S/C29H31N7O6S2/c1-34-9-6-16(7-10-34)13-35-11-8-17(25(35)38)12-18-14-43-27-22(26(39)36(27)23(18)28(40)41)32-24(37)21(20-15-44-29(30)31-20)33-42-19-4-2-3-5-19/h6-7,9-10,12,15,19,22,27H,2-5,8,11,13-14H2,1H3,(H3-,30,31,32,37,40,41)/p+1/t22-,27-/m1/s1. The van der Waals surface area contributed by atoms with Crippen molar-refractivity contribution in [3.05, 3.63) is 64.1 Å². The molecule has 230 valence electrons. The van der Waals surface area contributed by atoms with Gasteiger partial charge in [-0.25, -0.2) is 14.3 Å². The van der Waals surface area contributed by atoms with Crippen molar-refractivity contribution in [3.63, 3.8) is 0 Å². The number of amides is 3. The summed E-state index contributed by atoms with van der Waals surface area (Å²) in [5.41, 5.74) is 7.63. The van der Waals surface area contributed by atoms with Crippen LogP contribution >= 0.6 is 23.1 Å². The maximum absolute atomic E-state index is 13.3. The van der Waals surface area contributed by atoms with E-state index in [1.807, 2.05) is 36.1 Å². The number of oxime groups is 1. The Labute approximate surface area is 261 Å². The number of aliphatic carboxylic acids is 1. The van der Waals surface area contributed by atoms with Gasteiger partial charge in [-0.3, -0.25) is 19.3 Å². The fourth-order valence-corrected chi connectivity index (χ4v) is 7.56. The molecule has 2 atom stereocenters. The molecule has 15 heteroatoms. The SMILES string of the molecule is C[n+]1ccc(CN2CCC(=CC3=C(C(=O)O)N4C(=O)[C@@H](NC(=O)C(=NOC5CCCC5)c5csc(N)n5)[C@H]4SC3)C2=O)cc1. The van der Waals surface area contributed by atoms with E-state index >= 15 is 0 Å². The first-order valence-electron chi connectivity index (χ1n) is 14.3. The van der Waals surface area contributed by atoms with E-state index in [2.05, 4.69) is 15.5 Å². The van der Waals surface area contributed by atoms with Gasteiger partial charge >= 0.3 is 5.97 Å².